The smallest absolute Gasteiger partial charge is 0.251 e. The summed E-state index contributed by atoms with van der Waals surface area (Å²) in [6, 6.07) is 6.99. The Balaban J connectivity index is 1.65. The van der Waals surface area contributed by atoms with Crippen molar-refractivity contribution >= 4 is 11.8 Å². The molecule has 2 N–H and O–H groups in total. The van der Waals surface area contributed by atoms with Gasteiger partial charge in [0, 0.05) is 18.7 Å². The number of carbonyl (C=O) groups is 2. The SMILES string of the molecule is Cc1ccc(C(=O)NC(C(=O)N2CC[C@@H]3CNC[C@@H]3CC2)C(C)C)cc1. The summed E-state index contributed by atoms with van der Waals surface area (Å²) in [4.78, 5) is 27.7. The third-order valence-corrected chi connectivity index (χ3v) is 5.86. The van der Waals surface area contributed by atoms with Crippen LogP contribution in [-0.2, 0) is 4.79 Å². The number of benzene rings is 1. The summed E-state index contributed by atoms with van der Waals surface area (Å²) in [6.07, 6.45) is 2.11. The molecule has 2 amide bonds. The van der Waals surface area contributed by atoms with Gasteiger partial charge in [0.25, 0.3) is 5.91 Å². The van der Waals surface area contributed by atoms with Gasteiger partial charge in [-0.1, -0.05) is 31.5 Å². The summed E-state index contributed by atoms with van der Waals surface area (Å²) in [5.74, 6) is 1.32. The summed E-state index contributed by atoms with van der Waals surface area (Å²) >= 11 is 0. The highest BCUT2D eigenvalue weighted by molar-refractivity contribution is 5.97. The Hall–Kier alpha value is -1.88. The number of nitrogens with zero attached hydrogens (tertiary/aromatic N) is 1. The van der Waals surface area contributed by atoms with Crippen molar-refractivity contribution < 1.29 is 9.59 Å². The van der Waals surface area contributed by atoms with E-state index in [1.165, 1.54) is 0 Å². The van der Waals surface area contributed by atoms with Crippen LogP contribution in [0.3, 0.4) is 0 Å². The minimum atomic E-state index is -0.472. The Morgan fingerprint density at radius 1 is 1.08 bits per heavy atom. The third-order valence-electron chi connectivity index (χ3n) is 5.86. The average molecular weight is 357 g/mol. The second-order valence-electron chi connectivity index (χ2n) is 8.14. The van der Waals surface area contributed by atoms with E-state index in [0.717, 1.165) is 44.6 Å². The van der Waals surface area contributed by atoms with E-state index < -0.39 is 6.04 Å². The van der Waals surface area contributed by atoms with Crippen molar-refractivity contribution in [2.75, 3.05) is 26.2 Å². The number of carbonyl (C=O) groups excluding carboxylic acids is 2. The minimum Gasteiger partial charge on any atom is -0.341 e. The highest BCUT2D eigenvalue weighted by Gasteiger charge is 2.34. The molecule has 0 saturated carbocycles. The molecule has 0 spiro atoms. The zero-order valence-electron chi connectivity index (χ0n) is 16.1. The molecule has 2 aliphatic rings. The second kappa shape index (κ2) is 8.21. The zero-order valence-corrected chi connectivity index (χ0v) is 16.1. The van der Waals surface area contributed by atoms with Crippen LogP contribution in [0.15, 0.2) is 24.3 Å². The molecule has 3 atom stereocenters. The Labute approximate surface area is 156 Å². The lowest BCUT2D eigenvalue weighted by Gasteiger charge is -2.29. The van der Waals surface area contributed by atoms with Crippen molar-refractivity contribution in [1.29, 1.82) is 0 Å². The maximum atomic E-state index is 13.1. The number of aryl methyl sites for hydroxylation is 1. The van der Waals surface area contributed by atoms with E-state index in [-0.39, 0.29) is 17.7 Å². The van der Waals surface area contributed by atoms with Crippen molar-refractivity contribution in [2.24, 2.45) is 17.8 Å². The Morgan fingerprint density at radius 2 is 1.65 bits per heavy atom. The molecule has 0 bridgehead atoms. The molecule has 0 aromatic heterocycles. The third kappa shape index (κ3) is 4.26. The molecule has 2 saturated heterocycles. The molecule has 2 aliphatic heterocycles. The normalized spacial score (nSPS) is 24.1. The van der Waals surface area contributed by atoms with E-state index in [9.17, 15) is 9.59 Å². The summed E-state index contributed by atoms with van der Waals surface area (Å²) < 4.78 is 0. The van der Waals surface area contributed by atoms with E-state index in [1.54, 1.807) is 0 Å². The second-order valence-corrected chi connectivity index (χ2v) is 8.14. The van der Waals surface area contributed by atoms with Gasteiger partial charge in [0.2, 0.25) is 5.91 Å². The van der Waals surface area contributed by atoms with Gasteiger partial charge >= 0.3 is 0 Å². The lowest BCUT2D eigenvalue weighted by atomic mass is 9.92. The fourth-order valence-corrected chi connectivity index (χ4v) is 4.08. The molecule has 5 nitrogen and oxygen atoms in total. The van der Waals surface area contributed by atoms with Gasteiger partial charge in [-0.25, -0.2) is 0 Å². The van der Waals surface area contributed by atoms with E-state index in [2.05, 4.69) is 10.6 Å². The van der Waals surface area contributed by atoms with Gasteiger partial charge in [-0.05, 0) is 62.7 Å². The minimum absolute atomic E-state index is 0.0568. The Morgan fingerprint density at radius 3 is 2.19 bits per heavy atom. The Kier molecular flexibility index (Phi) is 5.97. The highest BCUT2D eigenvalue weighted by Crippen LogP contribution is 2.27. The molecule has 5 heteroatoms. The number of rotatable bonds is 4. The first-order valence-electron chi connectivity index (χ1n) is 9.82. The molecule has 0 radical (unpaired) electrons. The average Bonchev–Trinajstić information content (AvgIpc) is 2.97. The van der Waals surface area contributed by atoms with Crippen LogP contribution in [0.2, 0.25) is 0 Å². The Bertz CT molecular complexity index is 627. The maximum Gasteiger partial charge on any atom is 0.251 e. The summed E-state index contributed by atoms with van der Waals surface area (Å²) in [5.41, 5.74) is 1.72. The molecular formula is C21H31N3O2. The van der Waals surface area contributed by atoms with Gasteiger partial charge in [0.1, 0.15) is 6.04 Å². The number of hydrogen-bond donors (Lipinski definition) is 2. The van der Waals surface area contributed by atoms with Crippen molar-refractivity contribution in [3.05, 3.63) is 35.4 Å². The standard InChI is InChI=1S/C21H31N3O2/c1-14(2)19(23-20(25)16-6-4-15(3)5-7-16)21(26)24-10-8-17-12-22-13-18(17)9-11-24/h4-7,14,17-19,22H,8-13H2,1-3H3,(H,23,25)/t17-,18+,19?. The highest BCUT2D eigenvalue weighted by atomic mass is 16.2. The van der Waals surface area contributed by atoms with Gasteiger partial charge in [-0.2, -0.15) is 0 Å². The van der Waals surface area contributed by atoms with Crippen LogP contribution in [0.5, 0.6) is 0 Å². The monoisotopic (exact) mass is 357 g/mol. The molecule has 26 heavy (non-hydrogen) atoms. The van der Waals surface area contributed by atoms with Crippen LogP contribution in [0, 0.1) is 24.7 Å². The summed E-state index contributed by atoms with van der Waals surface area (Å²) in [7, 11) is 0. The number of hydrogen-bond acceptors (Lipinski definition) is 3. The number of likely N-dealkylation sites (tertiary alicyclic amines) is 1. The number of amides is 2. The molecule has 142 valence electrons. The fraction of sp³-hybridized carbons (Fsp3) is 0.619. The van der Waals surface area contributed by atoms with Crippen molar-refractivity contribution in [2.45, 2.75) is 39.7 Å². The molecular weight excluding hydrogens is 326 g/mol. The molecule has 1 unspecified atom stereocenters. The molecule has 2 heterocycles. The van der Waals surface area contributed by atoms with E-state index in [0.29, 0.717) is 17.4 Å². The quantitative estimate of drug-likeness (QED) is 0.868. The molecule has 3 rings (SSSR count). The first kappa shape index (κ1) is 18.9. The number of fused-ring (bicyclic) bond motifs is 1. The van der Waals surface area contributed by atoms with Crippen molar-refractivity contribution in [1.82, 2.24) is 15.5 Å². The maximum absolute atomic E-state index is 13.1. The summed E-state index contributed by atoms with van der Waals surface area (Å²) in [5, 5.41) is 6.44. The van der Waals surface area contributed by atoms with Crippen molar-refractivity contribution in [3.63, 3.8) is 0 Å². The fourth-order valence-electron chi connectivity index (χ4n) is 4.08. The van der Waals surface area contributed by atoms with Gasteiger partial charge in [-0.3, -0.25) is 9.59 Å². The first-order valence-corrected chi connectivity index (χ1v) is 9.82. The van der Waals surface area contributed by atoms with Gasteiger partial charge in [-0.15, -0.1) is 0 Å². The van der Waals surface area contributed by atoms with Crippen LogP contribution < -0.4 is 10.6 Å². The van der Waals surface area contributed by atoms with E-state index in [4.69, 9.17) is 0 Å². The van der Waals surface area contributed by atoms with Crippen LogP contribution >= 0.6 is 0 Å². The lowest BCUT2D eigenvalue weighted by molar-refractivity contribution is -0.134. The van der Waals surface area contributed by atoms with Crippen LogP contribution in [0.25, 0.3) is 0 Å². The first-order chi connectivity index (χ1) is 12.5. The van der Waals surface area contributed by atoms with Crippen LogP contribution in [-0.4, -0.2) is 48.9 Å². The van der Waals surface area contributed by atoms with Crippen LogP contribution in [0.1, 0.15) is 42.6 Å². The molecule has 1 aromatic carbocycles. The topological polar surface area (TPSA) is 61.4 Å². The van der Waals surface area contributed by atoms with Crippen LogP contribution in [0.4, 0.5) is 0 Å². The van der Waals surface area contributed by atoms with E-state index >= 15 is 0 Å². The van der Waals surface area contributed by atoms with Gasteiger partial charge in [0.05, 0.1) is 0 Å². The number of nitrogens with one attached hydrogen (secondary N) is 2. The molecule has 0 aliphatic carbocycles. The lowest BCUT2D eigenvalue weighted by Crippen LogP contribution is -2.51. The summed E-state index contributed by atoms with van der Waals surface area (Å²) in [6.45, 7) is 9.72. The zero-order chi connectivity index (χ0) is 18.7. The predicted octanol–water partition coefficient (Wildman–Crippen LogP) is 2.21. The largest absolute Gasteiger partial charge is 0.341 e. The van der Waals surface area contributed by atoms with Gasteiger partial charge in [0.15, 0.2) is 0 Å². The predicted molar refractivity (Wildman–Crippen MR) is 103 cm³/mol. The van der Waals surface area contributed by atoms with E-state index in [1.807, 2.05) is 49.9 Å². The molecule has 2 fully saturated rings. The molecule has 1 aromatic rings. The van der Waals surface area contributed by atoms with Gasteiger partial charge < -0.3 is 15.5 Å². The van der Waals surface area contributed by atoms with Crippen molar-refractivity contribution in [3.8, 4) is 0 Å².